The van der Waals surface area contributed by atoms with Crippen LogP contribution in [0.3, 0.4) is 0 Å². The molecule has 2 aromatic rings. The molecule has 0 spiro atoms. The highest BCUT2D eigenvalue weighted by Crippen LogP contribution is 2.04. The molecular weight excluding hydrogens is 450 g/mol. The average molecular weight is 466 g/mol. The van der Waals surface area contributed by atoms with Gasteiger partial charge in [-0.25, -0.2) is 9.13 Å². The fourth-order valence-electron chi connectivity index (χ4n) is 1.44. The molecule has 0 saturated heterocycles. The van der Waals surface area contributed by atoms with E-state index in [2.05, 4.69) is 36.4 Å². The Morgan fingerprint density at radius 1 is 0.667 bits per heavy atom. The summed E-state index contributed by atoms with van der Waals surface area (Å²) in [7, 11) is 4.04. The van der Waals surface area contributed by atoms with Crippen LogP contribution in [-0.2, 0) is 14.1 Å². The molecule has 96 valence electrons. The van der Waals surface area contributed by atoms with Gasteiger partial charge in [-0.3, -0.25) is 0 Å². The molecule has 2 aromatic heterocycles. The van der Waals surface area contributed by atoms with Gasteiger partial charge in [0.05, 0.1) is 0 Å². The van der Waals surface area contributed by atoms with E-state index in [1.54, 1.807) is 0 Å². The van der Waals surface area contributed by atoms with Crippen molar-refractivity contribution in [2.24, 2.45) is 14.1 Å². The van der Waals surface area contributed by atoms with Crippen LogP contribution in [0.2, 0.25) is 0 Å². The topological polar surface area (TPSA) is 7.76 Å². The van der Waals surface area contributed by atoms with E-state index in [-0.39, 0.29) is 48.0 Å². The number of pyridine rings is 2. The highest BCUT2D eigenvalue weighted by molar-refractivity contribution is 5.68. The Labute approximate surface area is 142 Å². The lowest BCUT2D eigenvalue weighted by molar-refractivity contribution is -0.671. The van der Waals surface area contributed by atoms with Gasteiger partial charge in [-0.1, -0.05) is 12.2 Å². The number of rotatable bonds is 2. The van der Waals surface area contributed by atoms with Crippen LogP contribution in [0.5, 0.6) is 0 Å². The Bertz CT molecular complexity index is 443. The van der Waals surface area contributed by atoms with Crippen LogP contribution < -0.4 is 57.1 Å². The summed E-state index contributed by atoms with van der Waals surface area (Å²) in [5, 5.41) is 0. The lowest BCUT2D eigenvalue weighted by Crippen LogP contribution is -3.00. The number of nitrogens with zero attached hydrogens (tertiary/aromatic N) is 2. The Balaban J connectivity index is 0.00000144. The number of hydrogen-bond donors (Lipinski definition) is 0. The van der Waals surface area contributed by atoms with E-state index >= 15 is 0 Å². The van der Waals surface area contributed by atoms with Gasteiger partial charge in [-0.2, -0.15) is 0 Å². The lowest BCUT2D eigenvalue weighted by Gasteiger charge is -1.92. The first-order chi connectivity index (χ1) is 7.74. The SMILES string of the molecule is C[n+]1ccc(/C=C/c2cc[n+](C)cc2)cc1.[I-].[I-]. The summed E-state index contributed by atoms with van der Waals surface area (Å²) in [4.78, 5) is 0. The van der Waals surface area contributed by atoms with E-state index in [0.29, 0.717) is 0 Å². The zero-order chi connectivity index (χ0) is 11.4. The molecule has 2 heterocycles. The first-order valence-corrected chi connectivity index (χ1v) is 5.33. The molecule has 0 saturated carbocycles. The van der Waals surface area contributed by atoms with Crippen molar-refractivity contribution >= 4 is 12.2 Å². The lowest BCUT2D eigenvalue weighted by atomic mass is 10.2. The van der Waals surface area contributed by atoms with E-state index in [1.165, 1.54) is 11.1 Å². The third-order valence-corrected chi connectivity index (χ3v) is 2.48. The molecular formula is C14H16I2N2. The third-order valence-electron chi connectivity index (χ3n) is 2.48. The third kappa shape index (κ3) is 5.43. The van der Waals surface area contributed by atoms with Crippen molar-refractivity contribution < 1.29 is 57.1 Å². The summed E-state index contributed by atoms with van der Waals surface area (Å²) in [5.41, 5.74) is 2.43. The second kappa shape index (κ2) is 8.58. The van der Waals surface area contributed by atoms with Crippen molar-refractivity contribution in [3.05, 3.63) is 60.2 Å². The van der Waals surface area contributed by atoms with E-state index < -0.39 is 0 Å². The molecule has 0 aliphatic heterocycles. The van der Waals surface area contributed by atoms with Crippen molar-refractivity contribution in [3.8, 4) is 0 Å². The Morgan fingerprint density at radius 3 is 1.22 bits per heavy atom. The zero-order valence-electron chi connectivity index (χ0n) is 10.4. The average Bonchev–Trinajstić information content (AvgIpc) is 2.30. The quantitative estimate of drug-likeness (QED) is 0.312. The van der Waals surface area contributed by atoms with Crippen molar-refractivity contribution in [2.45, 2.75) is 0 Å². The predicted molar refractivity (Wildman–Crippen MR) is 64.2 cm³/mol. The van der Waals surface area contributed by atoms with Gasteiger partial charge in [0.25, 0.3) is 0 Å². The molecule has 18 heavy (non-hydrogen) atoms. The highest BCUT2D eigenvalue weighted by Gasteiger charge is 1.93. The van der Waals surface area contributed by atoms with Gasteiger partial charge >= 0.3 is 0 Å². The minimum absolute atomic E-state index is 0. The van der Waals surface area contributed by atoms with Gasteiger partial charge < -0.3 is 48.0 Å². The van der Waals surface area contributed by atoms with Gasteiger partial charge in [-0.05, 0) is 11.1 Å². The Morgan fingerprint density at radius 2 is 0.944 bits per heavy atom. The van der Waals surface area contributed by atoms with Gasteiger partial charge in [0, 0.05) is 24.3 Å². The van der Waals surface area contributed by atoms with Crippen LogP contribution in [-0.4, -0.2) is 0 Å². The van der Waals surface area contributed by atoms with E-state index in [0.717, 1.165) is 0 Å². The molecule has 0 unspecified atom stereocenters. The summed E-state index contributed by atoms with van der Waals surface area (Å²) in [6.45, 7) is 0. The molecule has 2 nitrogen and oxygen atoms in total. The largest absolute Gasteiger partial charge is 1.00 e. The zero-order valence-corrected chi connectivity index (χ0v) is 14.7. The van der Waals surface area contributed by atoms with Gasteiger partial charge in [0.1, 0.15) is 14.1 Å². The number of halogens is 2. The molecule has 0 bridgehead atoms. The fourth-order valence-corrected chi connectivity index (χ4v) is 1.44. The first-order valence-electron chi connectivity index (χ1n) is 5.33. The fraction of sp³-hybridized carbons (Fsp3) is 0.143. The van der Waals surface area contributed by atoms with Crippen molar-refractivity contribution in [1.29, 1.82) is 0 Å². The second-order valence-corrected chi connectivity index (χ2v) is 3.93. The van der Waals surface area contributed by atoms with Crippen LogP contribution in [0.4, 0.5) is 0 Å². The predicted octanol–water partition coefficient (Wildman–Crippen LogP) is -4.49. The molecule has 4 heteroatoms. The minimum atomic E-state index is 0. The van der Waals surface area contributed by atoms with Crippen molar-refractivity contribution in [2.75, 3.05) is 0 Å². The summed E-state index contributed by atoms with van der Waals surface area (Å²) >= 11 is 0. The van der Waals surface area contributed by atoms with E-state index in [9.17, 15) is 0 Å². The molecule has 0 amide bonds. The number of aryl methyl sites for hydroxylation is 2. The number of aromatic nitrogens is 2. The number of hydrogen-bond acceptors (Lipinski definition) is 0. The standard InChI is InChI=1S/C14H16N2.2HI/c1-15-9-5-13(6-10-15)3-4-14-7-11-16(2)12-8-14;;/h3-12H,1-2H3;2*1H/q+2;;/p-2/b4-3+;;. The minimum Gasteiger partial charge on any atom is -1.00 e. The molecule has 2 rings (SSSR count). The maximum Gasteiger partial charge on any atom is 0.169 e. The second-order valence-electron chi connectivity index (χ2n) is 3.93. The first kappa shape index (κ1) is 17.5. The van der Waals surface area contributed by atoms with Crippen LogP contribution in [0.25, 0.3) is 12.2 Å². The van der Waals surface area contributed by atoms with Crippen LogP contribution in [0.15, 0.2) is 49.1 Å². The van der Waals surface area contributed by atoms with Crippen molar-refractivity contribution in [3.63, 3.8) is 0 Å². The molecule has 0 aromatic carbocycles. The molecule has 0 N–H and O–H groups in total. The van der Waals surface area contributed by atoms with Gasteiger partial charge in [0.2, 0.25) is 0 Å². The molecule has 0 atom stereocenters. The molecule has 0 aliphatic rings. The maximum absolute atomic E-state index is 2.12. The monoisotopic (exact) mass is 466 g/mol. The van der Waals surface area contributed by atoms with E-state index in [4.69, 9.17) is 0 Å². The maximum atomic E-state index is 2.12. The molecule has 0 aliphatic carbocycles. The van der Waals surface area contributed by atoms with Gasteiger partial charge in [-0.15, -0.1) is 0 Å². The summed E-state index contributed by atoms with van der Waals surface area (Å²) < 4.78 is 4.06. The van der Waals surface area contributed by atoms with Crippen LogP contribution >= 0.6 is 0 Å². The van der Waals surface area contributed by atoms with Crippen LogP contribution in [0, 0.1) is 0 Å². The smallest absolute Gasteiger partial charge is 0.169 e. The normalized spacial score (nSPS) is 9.67. The molecule has 0 fully saturated rings. The summed E-state index contributed by atoms with van der Waals surface area (Å²) in [6.07, 6.45) is 12.4. The van der Waals surface area contributed by atoms with Crippen molar-refractivity contribution in [1.82, 2.24) is 0 Å². The summed E-state index contributed by atoms with van der Waals surface area (Å²) in [6, 6.07) is 8.39. The summed E-state index contributed by atoms with van der Waals surface area (Å²) in [5.74, 6) is 0. The van der Waals surface area contributed by atoms with Gasteiger partial charge in [0.15, 0.2) is 24.8 Å². The van der Waals surface area contributed by atoms with E-state index in [1.807, 2.05) is 48.0 Å². The highest BCUT2D eigenvalue weighted by atomic mass is 127. The Hall–Kier alpha value is -0.500. The Kier molecular flexibility index (Phi) is 8.34. The van der Waals surface area contributed by atoms with Crippen LogP contribution in [0.1, 0.15) is 11.1 Å². The molecule has 0 radical (unpaired) electrons.